The summed E-state index contributed by atoms with van der Waals surface area (Å²) < 4.78 is 0. The van der Waals surface area contributed by atoms with Crippen LogP contribution >= 0.6 is 11.8 Å². The molecule has 2 N–H and O–H groups in total. The first-order chi connectivity index (χ1) is 14.2. The van der Waals surface area contributed by atoms with Gasteiger partial charge in [-0.1, -0.05) is 32.0 Å². The fraction of sp³-hybridized carbons (Fsp3) is 0.348. The van der Waals surface area contributed by atoms with E-state index in [1.165, 1.54) is 11.8 Å². The fourth-order valence-electron chi connectivity index (χ4n) is 3.11. The molecule has 0 aliphatic carbocycles. The van der Waals surface area contributed by atoms with Crippen molar-refractivity contribution in [3.8, 4) is 6.07 Å². The zero-order valence-electron chi connectivity index (χ0n) is 17.9. The van der Waals surface area contributed by atoms with Gasteiger partial charge < -0.3 is 15.5 Å². The van der Waals surface area contributed by atoms with Gasteiger partial charge in [0.25, 0.3) is 5.91 Å². The number of nitriles is 1. The molecule has 2 rings (SSSR count). The molecule has 0 heterocycles. The van der Waals surface area contributed by atoms with Gasteiger partial charge in [-0.2, -0.15) is 5.26 Å². The molecule has 2 aromatic rings. The van der Waals surface area contributed by atoms with E-state index in [2.05, 4.69) is 29.4 Å². The van der Waals surface area contributed by atoms with E-state index in [1.54, 1.807) is 30.3 Å². The fourth-order valence-corrected chi connectivity index (χ4v) is 3.96. The summed E-state index contributed by atoms with van der Waals surface area (Å²) in [7, 11) is 4.02. The van der Waals surface area contributed by atoms with Gasteiger partial charge in [-0.3, -0.25) is 9.59 Å². The molecule has 2 amide bonds. The summed E-state index contributed by atoms with van der Waals surface area (Å²) in [5.41, 5.74) is 1.56. The van der Waals surface area contributed by atoms with E-state index < -0.39 is 0 Å². The van der Waals surface area contributed by atoms with Crippen molar-refractivity contribution in [3.63, 3.8) is 0 Å². The van der Waals surface area contributed by atoms with Crippen LogP contribution in [0.2, 0.25) is 0 Å². The normalized spacial score (nSPS) is 11.1. The maximum atomic E-state index is 12.7. The van der Waals surface area contributed by atoms with Crippen molar-refractivity contribution >= 4 is 29.3 Å². The third-order valence-electron chi connectivity index (χ3n) is 4.24. The zero-order chi connectivity index (χ0) is 22.1. The molecule has 0 unspecified atom stereocenters. The highest BCUT2D eigenvalue weighted by Gasteiger charge is 2.21. The lowest BCUT2D eigenvalue weighted by Gasteiger charge is -2.28. The molecule has 0 saturated heterocycles. The van der Waals surface area contributed by atoms with Gasteiger partial charge in [0.2, 0.25) is 5.91 Å². The Morgan fingerprint density at radius 1 is 1.13 bits per heavy atom. The molecular formula is C23H28N4O2S. The van der Waals surface area contributed by atoms with Crippen molar-refractivity contribution in [3.05, 3.63) is 59.7 Å². The second kappa shape index (κ2) is 10.8. The third-order valence-corrected chi connectivity index (χ3v) is 5.31. The molecule has 7 heteroatoms. The lowest BCUT2D eigenvalue weighted by Crippen LogP contribution is -2.40. The Hall–Kier alpha value is -2.82. The van der Waals surface area contributed by atoms with Gasteiger partial charge in [0.05, 0.1) is 22.9 Å². The Morgan fingerprint density at radius 2 is 1.87 bits per heavy atom. The molecule has 158 valence electrons. The summed E-state index contributed by atoms with van der Waals surface area (Å²) in [6.45, 7) is 5.63. The molecule has 0 radical (unpaired) electrons. The number of hydrogen-bond acceptors (Lipinski definition) is 5. The van der Waals surface area contributed by atoms with Gasteiger partial charge in [-0.05, 0) is 49.8 Å². The highest BCUT2D eigenvalue weighted by atomic mass is 32.2. The number of carbonyl (C=O) groups is 2. The number of carbonyl (C=O) groups excluding carboxylic acids is 2. The smallest absolute Gasteiger partial charge is 0.252 e. The Balaban J connectivity index is 1.96. The van der Waals surface area contributed by atoms with Gasteiger partial charge >= 0.3 is 0 Å². The summed E-state index contributed by atoms with van der Waals surface area (Å²) in [5.74, 6) is -0.183. The second-order valence-electron chi connectivity index (χ2n) is 8.11. The van der Waals surface area contributed by atoms with Crippen molar-refractivity contribution in [1.29, 1.82) is 5.26 Å². The first kappa shape index (κ1) is 23.5. The molecule has 0 aliphatic heterocycles. The van der Waals surface area contributed by atoms with E-state index >= 15 is 0 Å². The number of rotatable bonds is 9. The minimum atomic E-state index is -0.197. The molecule has 0 aromatic heterocycles. The van der Waals surface area contributed by atoms with Crippen LogP contribution in [0.1, 0.15) is 29.8 Å². The van der Waals surface area contributed by atoms with Crippen LogP contribution in [0.3, 0.4) is 0 Å². The van der Waals surface area contributed by atoms with Gasteiger partial charge in [0, 0.05) is 23.7 Å². The van der Waals surface area contributed by atoms with Gasteiger partial charge in [-0.15, -0.1) is 11.8 Å². The lowest BCUT2D eigenvalue weighted by molar-refractivity contribution is -0.113. The summed E-state index contributed by atoms with van der Waals surface area (Å²) >= 11 is 1.31. The Bertz CT molecular complexity index is 935. The van der Waals surface area contributed by atoms with E-state index in [1.807, 2.05) is 38.4 Å². The van der Waals surface area contributed by atoms with Gasteiger partial charge in [0.1, 0.15) is 0 Å². The van der Waals surface area contributed by atoms with E-state index in [4.69, 9.17) is 5.26 Å². The topological polar surface area (TPSA) is 85.2 Å². The van der Waals surface area contributed by atoms with Crippen molar-refractivity contribution in [2.24, 2.45) is 5.41 Å². The van der Waals surface area contributed by atoms with Crippen molar-refractivity contribution in [2.75, 3.05) is 38.3 Å². The predicted octanol–water partition coefficient (Wildman–Crippen LogP) is 3.61. The maximum Gasteiger partial charge on any atom is 0.252 e. The molecule has 0 atom stereocenters. The Labute approximate surface area is 182 Å². The largest absolute Gasteiger partial charge is 0.351 e. The SMILES string of the molecule is CN(C)CC(C)(C)CNC(=O)c1ccccc1SCC(=O)Nc1cccc(C#N)c1. The number of amides is 2. The highest BCUT2D eigenvalue weighted by Crippen LogP contribution is 2.23. The molecule has 0 saturated carbocycles. The van der Waals surface area contributed by atoms with Crippen LogP contribution in [0.25, 0.3) is 0 Å². The zero-order valence-corrected chi connectivity index (χ0v) is 18.7. The van der Waals surface area contributed by atoms with Crippen LogP contribution in [0, 0.1) is 16.7 Å². The summed E-state index contributed by atoms with van der Waals surface area (Å²) in [5, 5.41) is 14.8. The summed E-state index contributed by atoms with van der Waals surface area (Å²) in [6, 6.07) is 16.1. The third kappa shape index (κ3) is 7.54. The van der Waals surface area contributed by atoms with Gasteiger partial charge in [-0.25, -0.2) is 0 Å². The summed E-state index contributed by atoms with van der Waals surface area (Å²) in [4.78, 5) is 27.9. The average Bonchev–Trinajstić information content (AvgIpc) is 2.70. The van der Waals surface area contributed by atoms with Crippen LogP contribution in [0.15, 0.2) is 53.4 Å². The van der Waals surface area contributed by atoms with Crippen molar-refractivity contribution < 1.29 is 9.59 Å². The molecule has 0 aliphatic rings. The minimum absolute atomic E-state index is 0.0565. The monoisotopic (exact) mass is 424 g/mol. The van der Waals surface area contributed by atoms with Crippen LogP contribution in [0.4, 0.5) is 5.69 Å². The Morgan fingerprint density at radius 3 is 2.57 bits per heavy atom. The molecule has 6 nitrogen and oxygen atoms in total. The summed E-state index contributed by atoms with van der Waals surface area (Å²) in [6.07, 6.45) is 0. The number of hydrogen-bond donors (Lipinski definition) is 2. The quantitative estimate of drug-likeness (QED) is 0.601. The number of anilines is 1. The standard InChI is InChI=1S/C23H28N4O2S/c1-23(2,16-27(3)4)15-25-22(29)19-10-5-6-11-20(19)30-14-21(28)26-18-9-7-8-17(12-18)13-24/h5-12H,14-16H2,1-4H3,(H,25,29)(H,26,28). The molecule has 0 spiro atoms. The lowest BCUT2D eigenvalue weighted by atomic mass is 9.93. The molecular weight excluding hydrogens is 396 g/mol. The molecule has 0 fully saturated rings. The second-order valence-corrected chi connectivity index (χ2v) is 9.13. The molecule has 30 heavy (non-hydrogen) atoms. The Kier molecular flexibility index (Phi) is 8.46. The first-order valence-corrected chi connectivity index (χ1v) is 10.6. The first-order valence-electron chi connectivity index (χ1n) is 9.65. The number of nitrogens with zero attached hydrogens (tertiary/aromatic N) is 2. The van der Waals surface area contributed by atoms with Crippen LogP contribution in [0.5, 0.6) is 0 Å². The maximum absolute atomic E-state index is 12.7. The van der Waals surface area contributed by atoms with Crippen LogP contribution in [-0.4, -0.2) is 49.7 Å². The number of nitrogens with one attached hydrogen (secondary N) is 2. The van der Waals surface area contributed by atoms with E-state index in [9.17, 15) is 9.59 Å². The number of thioether (sulfide) groups is 1. The number of benzene rings is 2. The molecule has 2 aromatic carbocycles. The van der Waals surface area contributed by atoms with E-state index in [-0.39, 0.29) is 23.0 Å². The van der Waals surface area contributed by atoms with E-state index in [0.29, 0.717) is 23.4 Å². The van der Waals surface area contributed by atoms with Gasteiger partial charge in [0.15, 0.2) is 0 Å². The van der Waals surface area contributed by atoms with Crippen molar-refractivity contribution in [1.82, 2.24) is 10.2 Å². The van der Waals surface area contributed by atoms with E-state index in [0.717, 1.165) is 11.4 Å². The molecule has 0 bridgehead atoms. The van der Waals surface area contributed by atoms with Crippen LogP contribution < -0.4 is 10.6 Å². The predicted molar refractivity (Wildman–Crippen MR) is 122 cm³/mol. The van der Waals surface area contributed by atoms with Crippen molar-refractivity contribution in [2.45, 2.75) is 18.7 Å². The minimum Gasteiger partial charge on any atom is -0.351 e. The van der Waals surface area contributed by atoms with Crippen LogP contribution in [-0.2, 0) is 4.79 Å². The average molecular weight is 425 g/mol. The highest BCUT2D eigenvalue weighted by molar-refractivity contribution is 8.00.